The molecule has 0 spiro atoms. The Bertz CT molecular complexity index is 556. The molecule has 1 unspecified atom stereocenters. The molecule has 0 aliphatic carbocycles. The summed E-state index contributed by atoms with van der Waals surface area (Å²) in [5.74, 6) is 0.779. The molecule has 0 amide bonds. The lowest BCUT2D eigenvalue weighted by molar-refractivity contribution is 0.340. The minimum atomic E-state index is 0.175. The van der Waals surface area contributed by atoms with Crippen LogP contribution >= 0.6 is 22.9 Å². The van der Waals surface area contributed by atoms with E-state index in [4.69, 9.17) is 22.1 Å². The molecule has 0 saturated heterocycles. The molecule has 0 aliphatic rings. The van der Waals surface area contributed by atoms with Gasteiger partial charge in [0, 0.05) is 28.4 Å². The Hall–Kier alpha value is -1.39. The van der Waals surface area contributed by atoms with Crippen molar-refractivity contribution in [3.63, 3.8) is 0 Å². The van der Waals surface area contributed by atoms with Crippen LogP contribution in [0.2, 0.25) is 4.34 Å². The smallest absolute Gasteiger partial charge is 0.123 e. The summed E-state index contributed by atoms with van der Waals surface area (Å²) < 4.78 is 6.28. The van der Waals surface area contributed by atoms with Crippen molar-refractivity contribution in [3.8, 4) is 5.75 Å². The van der Waals surface area contributed by atoms with Crippen molar-refractivity contribution in [2.75, 3.05) is 17.7 Å². The SMILES string of the molecule is CCOc1cc(N)cc(NC(C)c2ccc(Cl)s2)c1. The third-order valence-corrected chi connectivity index (χ3v) is 4.06. The highest BCUT2D eigenvalue weighted by atomic mass is 35.5. The Morgan fingerprint density at radius 2 is 2.16 bits per heavy atom. The van der Waals surface area contributed by atoms with Gasteiger partial charge in [0.2, 0.25) is 0 Å². The van der Waals surface area contributed by atoms with Crippen LogP contribution in [0, 0.1) is 0 Å². The Kier molecular flexibility index (Phi) is 4.56. The first-order chi connectivity index (χ1) is 9.08. The zero-order chi connectivity index (χ0) is 13.8. The summed E-state index contributed by atoms with van der Waals surface area (Å²) in [6, 6.07) is 9.78. The molecule has 1 heterocycles. The van der Waals surface area contributed by atoms with Gasteiger partial charge >= 0.3 is 0 Å². The van der Waals surface area contributed by atoms with Crippen molar-refractivity contribution in [2.24, 2.45) is 0 Å². The molecule has 0 radical (unpaired) electrons. The first kappa shape index (κ1) is 14.0. The lowest BCUT2D eigenvalue weighted by Crippen LogP contribution is -2.05. The van der Waals surface area contributed by atoms with E-state index in [2.05, 4.69) is 12.2 Å². The number of nitrogen functional groups attached to an aromatic ring is 1. The monoisotopic (exact) mass is 296 g/mol. The Balaban J connectivity index is 2.14. The van der Waals surface area contributed by atoms with Crippen molar-refractivity contribution < 1.29 is 4.74 Å². The van der Waals surface area contributed by atoms with Crippen molar-refractivity contribution >= 4 is 34.3 Å². The average Bonchev–Trinajstić information content (AvgIpc) is 2.75. The molecule has 2 rings (SSSR count). The third-order valence-electron chi connectivity index (χ3n) is 2.64. The minimum absolute atomic E-state index is 0.175. The summed E-state index contributed by atoms with van der Waals surface area (Å²) >= 11 is 7.52. The van der Waals surface area contributed by atoms with Crippen LogP contribution in [0.3, 0.4) is 0 Å². The fourth-order valence-corrected chi connectivity index (χ4v) is 2.90. The predicted octanol–water partition coefficient (Wildman–Crippen LogP) is 4.56. The highest BCUT2D eigenvalue weighted by Gasteiger charge is 2.09. The van der Waals surface area contributed by atoms with Gasteiger partial charge in [0.15, 0.2) is 0 Å². The maximum Gasteiger partial charge on any atom is 0.123 e. The molecule has 5 heteroatoms. The maximum absolute atomic E-state index is 5.95. The summed E-state index contributed by atoms with van der Waals surface area (Å²) in [7, 11) is 0. The fourth-order valence-electron chi connectivity index (χ4n) is 1.84. The van der Waals surface area contributed by atoms with Gasteiger partial charge in [-0.1, -0.05) is 11.6 Å². The first-order valence-electron chi connectivity index (χ1n) is 6.13. The van der Waals surface area contributed by atoms with E-state index in [1.54, 1.807) is 11.3 Å². The maximum atomic E-state index is 5.95. The number of rotatable bonds is 5. The first-order valence-corrected chi connectivity index (χ1v) is 7.33. The zero-order valence-corrected chi connectivity index (χ0v) is 12.5. The number of hydrogen-bond acceptors (Lipinski definition) is 4. The van der Waals surface area contributed by atoms with Crippen molar-refractivity contribution in [1.82, 2.24) is 0 Å². The van der Waals surface area contributed by atoms with Crippen molar-refractivity contribution in [3.05, 3.63) is 39.5 Å². The van der Waals surface area contributed by atoms with Crippen molar-refractivity contribution in [2.45, 2.75) is 19.9 Å². The molecular formula is C14H17ClN2OS. The molecular weight excluding hydrogens is 280 g/mol. The highest BCUT2D eigenvalue weighted by molar-refractivity contribution is 7.16. The molecule has 0 bridgehead atoms. The zero-order valence-electron chi connectivity index (χ0n) is 10.9. The van der Waals surface area contributed by atoms with E-state index in [0.717, 1.165) is 15.8 Å². The highest BCUT2D eigenvalue weighted by Crippen LogP contribution is 2.30. The normalized spacial score (nSPS) is 12.2. The van der Waals surface area contributed by atoms with Gasteiger partial charge in [-0.15, -0.1) is 11.3 Å². The number of thiophene rings is 1. The van der Waals surface area contributed by atoms with Crippen LogP contribution in [-0.4, -0.2) is 6.61 Å². The second-order valence-corrected chi connectivity index (χ2v) is 5.98. The fraction of sp³-hybridized carbons (Fsp3) is 0.286. The summed E-state index contributed by atoms with van der Waals surface area (Å²) in [5.41, 5.74) is 7.50. The second-order valence-electron chi connectivity index (χ2n) is 4.23. The molecule has 3 N–H and O–H groups in total. The van der Waals surface area contributed by atoms with Crippen molar-refractivity contribution in [1.29, 1.82) is 0 Å². The van der Waals surface area contributed by atoms with E-state index in [-0.39, 0.29) is 6.04 Å². The number of nitrogens with one attached hydrogen (secondary N) is 1. The van der Waals surface area contributed by atoms with E-state index < -0.39 is 0 Å². The summed E-state index contributed by atoms with van der Waals surface area (Å²) in [6.45, 7) is 4.66. The number of anilines is 2. The van der Waals surface area contributed by atoms with Gasteiger partial charge in [0.1, 0.15) is 5.75 Å². The predicted molar refractivity (Wildman–Crippen MR) is 83.4 cm³/mol. The number of benzene rings is 1. The minimum Gasteiger partial charge on any atom is -0.494 e. The molecule has 1 aromatic carbocycles. The van der Waals surface area contributed by atoms with Gasteiger partial charge in [-0.25, -0.2) is 0 Å². The lowest BCUT2D eigenvalue weighted by atomic mass is 10.2. The van der Waals surface area contributed by atoms with Crippen LogP contribution in [0.15, 0.2) is 30.3 Å². The van der Waals surface area contributed by atoms with E-state index in [1.807, 2.05) is 37.3 Å². The molecule has 1 atom stereocenters. The Morgan fingerprint density at radius 3 is 2.79 bits per heavy atom. The standard InChI is InChI=1S/C14H17ClN2OS/c1-3-18-12-7-10(16)6-11(8-12)17-9(2)13-4-5-14(15)19-13/h4-9,17H,3,16H2,1-2H3. The largest absolute Gasteiger partial charge is 0.494 e. The van der Waals surface area contributed by atoms with E-state index in [0.29, 0.717) is 12.3 Å². The topological polar surface area (TPSA) is 47.3 Å². The van der Waals surface area contributed by atoms with E-state index in [9.17, 15) is 0 Å². The molecule has 102 valence electrons. The van der Waals surface area contributed by atoms with Gasteiger partial charge in [0.05, 0.1) is 17.0 Å². The quantitative estimate of drug-likeness (QED) is 0.795. The molecule has 0 fully saturated rings. The number of halogens is 1. The number of nitrogens with two attached hydrogens (primary N) is 1. The third kappa shape index (κ3) is 3.78. The van der Waals surface area contributed by atoms with Crippen LogP contribution < -0.4 is 15.8 Å². The molecule has 19 heavy (non-hydrogen) atoms. The van der Waals surface area contributed by atoms with Gasteiger partial charge in [-0.3, -0.25) is 0 Å². The van der Waals surface area contributed by atoms with Gasteiger partial charge in [0.25, 0.3) is 0 Å². The number of ether oxygens (including phenoxy) is 1. The lowest BCUT2D eigenvalue weighted by Gasteiger charge is -2.15. The summed E-state index contributed by atoms with van der Waals surface area (Å²) in [5, 5.41) is 3.40. The van der Waals surface area contributed by atoms with Gasteiger partial charge in [-0.2, -0.15) is 0 Å². The van der Waals surface area contributed by atoms with E-state index >= 15 is 0 Å². The summed E-state index contributed by atoms with van der Waals surface area (Å²) in [6.07, 6.45) is 0. The van der Waals surface area contributed by atoms with Crippen LogP contribution in [0.4, 0.5) is 11.4 Å². The van der Waals surface area contributed by atoms with Gasteiger partial charge < -0.3 is 15.8 Å². The molecule has 2 aromatic rings. The summed E-state index contributed by atoms with van der Waals surface area (Å²) in [4.78, 5) is 1.19. The number of hydrogen-bond donors (Lipinski definition) is 2. The Morgan fingerprint density at radius 1 is 1.37 bits per heavy atom. The van der Waals surface area contributed by atoms with Crippen LogP contribution in [-0.2, 0) is 0 Å². The molecule has 0 aliphatic heterocycles. The molecule has 0 saturated carbocycles. The van der Waals surface area contributed by atoms with Crippen LogP contribution in [0.1, 0.15) is 24.8 Å². The molecule has 3 nitrogen and oxygen atoms in total. The van der Waals surface area contributed by atoms with Crippen LogP contribution in [0.5, 0.6) is 5.75 Å². The van der Waals surface area contributed by atoms with Gasteiger partial charge in [-0.05, 0) is 32.0 Å². The average molecular weight is 297 g/mol. The van der Waals surface area contributed by atoms with E-state index in [1.165, 1.54) is 4.88 Å². The molecule has 1 aromatic heterocycles. The Labute approximate surface area is 122 Å². The van der Waals surface area contributed by atoms with Crippen LogP contribution in [0.25, 0.3) is 0 Å². The second kappa shape index (κ2) is 6.17.